The molecule has 0 saturated heterocycles. The van der Waals surface area contributed by atoms with E-state index in [0.29, 0.717) is 16.4 Å². The van der Waals surface area contributed by atoms with Crippen molar-refractivity contribution in [3.8, 4) is 0 Å². The molecule has 0 unspecified atom stereocenters. The average Bonchev–Trinajstić information content (AvgIpc) is 2.43. The number of hydrogen-bond donors (Lipinski definition) is 2. The fraction of sp³-hybridized carbons (Fsp3) is 0.0714. The van der Waals surface area contributed by atoms with E-state index in [-0.39, 0.29) is 10.8 Å². The molecular formula is C14H13ClN2O3S. The Bertz CT molecular complexity index is 761. The zero-order valence-electron chi connectivity index (χ0n) is 11.1. The zero-order valence-corrected chi connectivity index (χ0v) is 12.7. The first-order valence-electron chi connectivity index (χ1n) is 6.03. The van der Waals surface area contributed by atoms with E-state index in [1.54, 1.807) is 18.2 Å². The molecule has 0 saturated carbocycles. The van der Waals surface area contributed by atoms with Gasteiger partial charge in [0, 0.05) is 6.92 Å². The average molecular weight is 325 g/mol. The van der Waals surface area contributed by atoms with E-state index in [2.05, 4.69) is 10.0 Å². The first-order chi connectivity index (χ1) is 9.88. The summed E-state index contributed by atoms with van der Waals surface area (Å²) in [5.41, 5.74) is 0.657. The molecule has 2 aromatic carbocycles. The first-order valence-corrected chi connectivity index (χ1v) is 7.89. The molecule has 1 amide bonds. The van der Waals surface area contributed by atoms with Crippen LogP contribution in [0.25, 0.3) is 0 Å². The van der Waals surface area contributed by atoms with Gasteiger partial charge >= 0.3 is 0 Å². The fourth-order valence-corrected chi connectivity index (χ4v) is 2.92. The molecular weight excluding hydrogens is 312 g/mol. The van der Waals surface area contributed by atoms with Crippen LogP contribution in [0, 0.1) is 0 Å². The summed E-state index contributed by atoms with van der Waals surface area (Å²) in [6.45, 7) is 1.34. The third-order valence-electron chi connectivity index (χ3n) is 2.58. The second-order valence-electron chi connectivity index (χ2n) is 4.29. The Kier molecular flexibility index (Phi) is 4.50. The molecule has 0 radical (unpaired) electrons. The Morgan fingerprint density at radius 2 is 1.76 bits per heavy atom. The van der Waals surface area contributed by atoms with Crippen molar-refractivity contribution >= 4 is 38.9 Å². The minimum absolute atomic E-state index is 0.154. The second kappa shape index (κ2) is 6.15. The number of hydrogen-bond acceptors (Lipinski definition) is 3. The van der Waals surface area contributed by atoms with Gasteiger partial charge in [-0.15, -0.1) is 0 Å². The molecule has 0 aromatic heterocycles. The topological polar surface area (TPSA) is 75.3 Å². The molecule has 2 N–H and O–H groups in total. The maximum absolute atomic E-state index is 12.2. The van der Waals surface area contributed by atoms with Crippen molar-refractivity contribution in [1.29, 1.82) is 0 Å². The lowest BCUT2D eigenvalue weighted by atomic mass is 10.3. The van der Waals surface area contributed by atoms with Crippen LogP contribution in [0.1, 0.15) is 6.92 Å². The van der Waals surface area contributed by atoms with Crippen LogP contribution < -0.4 is 10.0 Å². The standard InChI is InChI=1S/C14H13ClN2O3S/c1-10(18)16-14-9-11(7-8-13(14)15)17-21(19,20)12-5-3-2-4-6-12/h2-9,17H,1H3,(H,16,18). The minimum Gasteiger partial charge on any atom is -0.325 e. The number of nitrogens with one attached hydrogen (secondary N) is 2. The summed E-state index contributed by atoms with van der Waals surface area (Å²) in [4.78, 5) is 11.2. The van der Waals surface area contributed by atoms with E-state index in [4.69, 9.17) is 11.6 Å². The quantitative estimate of drug-likeness (QED) is 0.907. The van der Waals surface area contributed by atoms with Crippen LogP contribution in [0.4, 0.5) is 11.4 Å². The number of carbonyl (C=O) groups excluding carboxylic acids is 1. The molecule has 2 aromatic rings. The largest absolute Gasteiger partial charge is 0.325 e. The number of benzene rings is 2. The highest BCUT2D eigenvalue weighted by Crippen LogP contribution is 2.26. The molecule has 21 heavy (non-hydrogen) atoms. The van der Waals surface area contributed by atoms with Gasteiger partial charge in [0.05, 0.1) is 21.3 Å². The summed E-state index contributed by atoms with van der Waals surface area (Å²) in [5, 5.41) is 2.86. The maximum atomic E-state index is 12.2. The summed E-state index contributed by atoms with van der Waals surface area (Å²) in [6, 6.07) is 12.5. The predicted molar refractivity (Wildman–Crippen MR) is 83.0 cm³/mol. The van der Waals surface area contributed by atoms with Crippen LogP contribution in [-0.2, 0) is 14.8 Å². The number of halogens is 1. The van der Waals surface area contributed by atoms with Crippen LogP contribution in [0.5, 0.6) is 0 Å². The van der Waals surface area contributed by atoms with Crippen molar-refractivity contribution in [2.45, 2.75) is 11.8 Å². The maximum Gasteiger partial charge on any atom is 0.261 e. The zero-order chi connectivity index (χ0) is 15.5. The van der Waals surface area contributed by atoms with E-state index in [0.717, 1.165) is 0 Å². The van der Waals surface area contributed by atoms with Gasteiger partial charge in [0.2, 0.25) is 5.91 Å². The molecule has 0 aliphatic carbocycles. The van der Waals surface area contributed by atoms with Crippen molar-refractivity contribution in [1.82, 2.24) is 0 Å². The molecule has 0 atom stereocenters. The Hall–Kier alpha value is -2.05. The molecule has 0 fully saturated rings. The Morgan fingerprint density at radius 1 is 1.10 bits per heavy atom. The lowest BCUT2D eigenvalue weighted by Gasteiger charge is -2.11. The smallest absolute Gasteiger partial charge is 0.261 e. The minimum atomic E-state index is -3.68. The van der Waals surface area contributed by atoms with Gasteiger partial charge in [0.15, 0.2) is 0 Å². The van der Waals surface area contributed by atoms with Crippen molar-refractivity contribution in [2.75, 3.05) is 10.0 Å². The van der Waals surface area contributed by atoms with Crippen molar-refractivity contribution in [3.63, 3.8) is 0 Å². The molecule has 0 aliphatic heterocycles. The molecule has 0 spiro atoms. The lowest BCUT2D eigenvalue weighted by Crippen LogP contribution is -2.13. The van der Waals surface area contributed by atoms with Crippen molar-refractivity contribution in [2.24, 2.45) is 0 Å². The van der Waals surface area contributed by atoms with Gasteiger partial charge < -0.3 is 5.32 Å². The number of carbonyl (C=O) groups is 1. The van der Waals surface area contributed by atoms with Crippen LogP contribution in [-0.4, -0.2) is 14.3 Å². The molecule has 0 heterocycles. The SMILES string of the molecule is CC(=O)Nc1cc(NS(=O)(=O)c2ccccc2)ccc1Cl. The van der Waals surface area contributed by atoms with Crippen LogP contribution in [0.15, 0.2) is 53.4 Å². The molecule has 2 rings (SSSR count). The Labute approximate surface area is 128 Å². The normalized spacial score (nSPS) is 11.0. The van der Waals surface area contributed by atoms with Gasteiger partial charge in [0.1, 0.15) is 0 Å². The first kappa shape index (κ1) is 15.3. The van der Waals surface area contributed by atoms with Crippen LogP contribution >= 0.6 is 11.6 Å². The molecule has 0 aliphatic rings. The van der Waals surface area contributed by atoms with E-state index >= 15 is 0 Å². The summed E-state index contributed by atoms with van der Waals surface area (Å²) in [7, 11) is -3.68. The number of anilines is 2. The third-order valence-corrected chi connectivity index (χ3v) is 4.31. The Balaban J connectivity index is 2.30. The van der Waals surface area contributed by atoms with Crippen LogP contribution in [0.3, 0.4) is 0 Å². The van der Waals surface area contributed by atoms with E-state index in [1.165, 1.54) is 37.3 Å². The second-order valence-corrected chi connectivity index (χ2v) is 6.38. The van der Waals surface area contributed by atoms with Crippen molar-refractivity contribution < 1.29 is 13.2 Å². The van der Waals surface area contributed by atoms with Gasteiger partial charge in [-0.1, -0.05) is 29.8 Å². The van der Waals surface area contributed by atoms with Gasteiger partial charge in [-0.25, -0.2) is 8.42 Å². The van der Waals surface area contributed by atoms with E-state index in [1.807, 2.05) is 0 Å². The number of rotatable bonds is 4. The molecule has 0 bridgehead atoms. The summed E-state index contributed by atoms with van der Waals surface area (Å²) < 4.78 is 26.8. The molecule has 5 nitrogen and oxygen atoms in total. The molecule has 7 heteroatoms. The van der Waals surface area contributed by atoms with Crippen LogP contribution in [0.2, 0.25) is 5.02 Å². The summed E-state index contributed by atoms with van der Waals surface area (Å²) >= 11 is 5.94. The summed E-state index contributed by atoms with van der Waals surface area (Å²) in [6.07, 6.45) is 0. The number of sulfonamides is 1. The Morgan fingerprint density at radius 3 is 2.38 bits per heavy atom. The number of amides is 1. The van der Waals surface area contributed by atoms with E-state index < -0.39 is 10.0 Å². The highest BCUT2D eigenvalue weighted by atomic mass is 35.5. The fourth-order valence-electron chi connectivity index (χ4n) is 1.69. The molecule has 110 valence electrons. The van der Waals surface area contributed by atoms with Crippen molar-refractivity contribution in [3.05, 3.63) is 53.6 Å². The van der Waals surface area contributed by atoms with Gasteiger partial charge in [-0.05, 0) is 30.3 Å². The lowest BCUT2D eigenvalue weighted by molar-refractivity contribution is -0.114. The monoisotopic (exact) mass is 324 g/mol. The third kappa shape index (κ3) is 3.96. The van der Waals surface area contributed by atoms with Gasteiger partial charge in [0.25, 0.3) is 10.0 Å². The highest BCUT2D eigenvalue weighted by molar-refractivity contribution is 7.92. The van der Waals surface area contributed by atoms with E-state index in [9.17, 15) is 13.2 Å². The summed E-state index contributed by atoms with van der Waals surface area (Å²) in [5.74, 6) is -0.292. The predicted octanol–water partition coefficient (Wildman–Crippen LogP) is 3.10. The van der Waals surface area contributed by atoms with Gasteiger partial charge in [-0.3, -0.25) is 9.52 Å². The highest BCUT2D eigenvalue weighted by Gasteiger charge is 2.14. The van der Waals surface area contributed by atoms with Gasteiger partial charge in [-0.2, -0.15) is 0 Å².